The summed E-state index contributed by atoms with van der Waals surface area (Å²) in [6.07, 6.45) is 1.49. The molecule has 0 saturated carbocycles. The van der Waals surface area contributed by atoms with Crippen molar-refractivity contribution in [2.24, 2.45) is 0 Å². The lowest BCUT2D eigenvalue weighted by Gasteiger charge is -1.98. The molecule has 2 aromatic heterocycles. The van der Waals surface area contributed by atoms with Crippen molar-refractivity contribution in [2.75, 3.05) is 0 Å². The van der Waals surface area contributed by atoms with Crippen LogP contribution in [0.5, 0.6) is 5.88 Å². The quantitative estimate of drug-likeness (QED) is 0.633. The van der Waals surface area contributed by atoms with E-state index in [1.165, 1.54) is 19.2 Å². The van der Waals surface area contributed by atoms with E-state index < -0.39 is 0 Å². The number of nitrogens with one attached hydrogen (secondary N) is 1. The van der Waals surface area contributed by atoms with Gasteiger partial charge in [-0.2, -0.15) is 5.10 Å². The van der Waals surface area contributed by atoms with Crippen LogP contribution in [0.1, 0.15) is 17.3 Å². The predicted molar refractivity (Wildman–Crippen MR) is 45.6 cm³/mol. The third-order valence-corrected chi connectivity index (χ3v) is 1.78. The number of aromatic amines is 1. The number of fused-ring (bicyclic) bond motifs is 1. The van der Waals surface area contributed by atoms with Crippen molar-refractivity contribution in [1.82, 2.24) is 15.2 Å². The topological polar surface area (TPSA) is 78.9 Å². The minimum atomic E-state index is -0.249. The minimum absolute atomic E-state index is 0.205. The molecule has 0 unspecified atom stereocenters. The van der Waals surface area contributed by atoms with Crippen LogP contribution in [0.4, 0.5) is 0 Å². The molecule has 5 heteroatoms. The molecule has 0 saturated heterocycles. The molecular weight excluding hydrogens is 170 g/mol. The summed E-state index contributed by atoms with van der Waals surface area (Å²) in [5.41, 5.74) is 1.39. The molecule has 0 aliphatic carbocycles. The molecule has 0 fully saturated rings. The molecule has 66 valence electrons. The number of aromatic hydroxyl groups is 1. The number of Topliss-reactive ketones (excluding diaryl/α,β-unsaturated/α-hetero) is 1. The molecule has 0 radical (unpaired) electrons. The monoisotopic (exact) mass is 177 g/mol. The Morgan fingerprint density at radius 3 is 3.08 bits per heavy atom. The highest BCUT2D eigenvalue weighted by Gasteiger charge is 2.10. The molecule has 2 rings (SSSR count). The van der Waals surface area contributed by atoms with Gasteiger partial charge in [0.15, 0.2) is 5.78 Å². The van der Waals surface area contributed by atoms with Gasteiger partial charge in [0, 0.05) is 0 Å². The molecule has 0 aliphatic heterocycles. The Balaban J connectivity index is 2.76. The van der Waals surface area contributed by atoms with E-state index in [1.807, 2.05) is 0 Å². The van der Waals surface area contributed by atoms with E-state index in [0.29, 0.717) is 11.0 Å². The zero-order valence-electron chi connectivity index (χ0n) is 6.90. The minimum Gasteiger partial charge on any atom is -0.493 e. The summed E-state index contributed by atoms with van der Waals surface area (Å²) in [5, 5.41) is 15.7. The SMILES string of the molecule is CC(=O)c1cc2[nH]ncc2nc1O. The molecule has 5 nitrogen and oxygen atoms in total. The number of rotatable bonds is 1. The Kier molecular flexibility index (Phi) is 1.51. The predicted octanol–water partition coefficient (Wildman–Crippen LogP) is 0.866. The molecule has 13 heavy (non-hydrogen) atoms. The lowest BCUT2D eigenvalue weighted by Crippen LogP contribution is -1.94. The fraction of sp³-hybridized carbons (Fsp3) is 0.125. The number of pyridine rings is 1. The molecule has 0 spiro atoms. The van der Waals surface area contributed by atoms with E-state index in [0.717, 1.165) is 0 Å². The number of nitrogens with zero attached hydrogens (tertiary/aromatic N) is 2. The van der Waals surface area contributed by atoms with Crippen molar-refractivity contribution in [1.29, 1.82) is 0 Å². The van der Waals surface area contributed by atoms with E-state index in [2.05, 4.69) is 15.2 Å². The molecule has 0 atom stereocenters. The van der Waals surface area contributed by atoms with Crippen LogP contribution in [0.25, 0.3) is 11.0 Å². The van der Waals surface area contributed by atoms with Gasteiger partial charge in [0.1, 0.15) is 5.52 Å². The molecular formula is C8H7N3O2. The molecule has 0 amide bonds. The van der Waals surface area contributed by atoms with Crippen LogP contribution < -0.4 is 0 Å². The van der Waals surface area contributed by atoms with Crippen LogP contribution in [0.3, 0.4) is 0 Å². The number of hydrogen-bond donors (Lipinski definition) is 2. The smallest absolute Gasteiger partial charge is 0.222 e. The number of hydrogen-bond acceptors (Lipinski definition) is 4. The van der Waals surface area contributed by atoms with Crippen molar-refractivity contribution in [3.05, 3.63) is 17.8 Å². The number of carbonyl (C=O) groups excluding carboxylic acids is 1. The standard InChI is InChI=1S/C8H7N3O2/c1-4(12)5-2-6-7(3-9-11-6)10-8(5)13/h2-3H,1H3,(H,9,11)(H,10,13). The fourth-order valence-corrected chi connectivity index (χ4v) is 1.13. The largest absolute Gasteiger partial charge is 0.493 e. The van der Waals surface area contributed by atoms with Crippen molar-refractivity contribution in [3.63, 3.8) is 0 Å². The first-order valence-corrected chi connectivity index (χ1v) is 3.72. The summed E-state index contributed by atoms with van der Waals surface area (Å²) in [5.74, 6) is -0.470. The maximum Gasteiger partial charge on any atom is 0.222 e. The van der Waals surface area contributed by atoms with Gasteiger partial charge < -0.3 is 5.11 Å². The first-order valence-electron chi connectivity index (χ1n) is 3.72. The second kappa shape index (κ2) is 2.55. The van der Waals surface area contributed by atoms with Gasteiger partial charge in [-0.3, -0.25) is 9.89 Å². The highest BCUT2D eigenvalue weighted by Crippen LogP contribution is 2.19. The summed E-state index contributed by atoms with van der Waals surface area (Å²) in [6.45, 7) is 1.37. The van der Waals surface area contributed by atoms with Gasteiger partial charge in [-0.15, -0.1) is 0 Å². The average Bonchev–Trinajstić information content (AvgIpc) is 2.48. The van der Waals surface area contributed by atoms with Gasteiger partial charge in [0.2, 0.25) is 5.88 Å². The Morgan fingerprint density at radius 2 is 2.38 bits per heavy atom. The van der Waals surface area contributed by atoms with Gasteiger partial charge in [0.25, 0.3) is 0 Å². The van der Waals surface area contributed by atoms with Crippen LogP contribution >= 0.6 is 0 Å². The normalized spacial score (nSPS) is 10.5. The maximum absolute atomic E-state index is 11.0. The van der Waals surface area contributed by atoms with Gasteiger partial charge in [-0.25, -0.2) is 4.98 Å². The Labute approximate surface area is 73.4 Å². The highest BCUT2D eigenvalue weighted by atomic mass is 16.3. The van der Waals surface area contributed by atoms with Crippen LogP contribution in [-0.2, 0) is 0 Å². The van der Waals surface area contributed by atoms with E-state index >= 15 is 0 Å². The van der Waals surface area contributed by atoms with E-state index in [1.54, 1.807) is 0 Å². The molecule has 2 aromatic rings. The Morgan fingerprint density at radius 1 is 1.62 bits per heavy atom. The third-order valence-electron chi connectivity index (χ3n) is 1.78. The second-order valence-corrected chi connectivity index (χ2v) is 2.72. The number of aromatic nitrogens is 3. The van der Waals surface area contributed by atoms with E-state index in [4.69, 9.17) is 0 Å². The number of H-pyrrole nitrogens is 1. The zero-order chi connectivity index (χ0) is 9.42. The van der Waals surface area contributed by atoms with Crippen LogP contribution in [0, 0.1) is 0 Å². The lowest BCUT2D eigenvalue weighted by molar-refractivity contribution is 0.101. The van der Waals surface area contributed by atoms with Gasteiger partial charge in [-0.05, 0) is 13.0 Å². The lowest BCUT2D eigenvalue weighted by atomic mass is 10.2. The van der Waals surface area contributed by atoms with Crippen LogP contribution in [0.2, 0.25) is 0 Å². The summed E-state index contributed by atoms with van der Waals surface area (Å²) in [4.78, 5) is 14.8. The molecule has 2 N–H and O–H groups in total. The summed E-state index contributed by atoms with van der Waals surface area (Å²) in [7, 11) is 0. The summed E-state index contributed by atoms with van der Waals surface area (Å²) in [6, 6.07) is 1.53. The molecule has 0 aromatic carbocycles. The first-order chi connectivity index (χ1) is 6.18. The third kappa shape index (κ3) is 1.14. The Bertz CT molecular complexity index is 475. The van der Waals surface area contributed by atoms with Gasteiger partial charge in [-0.1, -0.05) is 0 Å². The van der Waals surface area contributed by atoms with Gasteiger partial charge >= 0.3 is 0 Å². The number of ketones is 1. The van der Waals surface area contributed by atoms with Gasteiger partial charge in [0.05, 0.1) is 17.3 Å². The highest BCUT2D eigenvalue weighted by molar-refractivity contribution is 5.98. The fourth-order valence-electron chi connectivity index (χ4n) is 1.13. The van der Waals surface area contributed by atoms with Crippen molar-refractivity contribution < 1.29 is 9.90 Å². The number of carbonyl (C=O) groups is 1. The van der Waals surface area contributed by atoms with Crippen molar-refractivity contribution in [2.45, 2.75) is 6.92 Å². The van der Waals surface area contributed by atoms with E-state index in [-0.39, 0.29) is 17.2 Å². The summed E-state index contributed by atoms with van der Waals surface area (Å²) >= 11 is 0. The maximum atomic E-state index is 11.0. The van der Waals surface area contributed by atoms with E-state index in [9.17, 15) is 9.90 Å². The Hall–Kier alpha value is -1.91. The summed E-state index contributed by atoms with van der Waals surface area (Å²) < 4.78 is 0. The average molecular weight is 177 g/mol. The van der Waals surface area contributed by atoms with Crippen molar-refractivity contribution >= 4 is 16.8 Å². The zero-order valence-corrected chi connectivity index (χ0v) is 6.90. The first kappa shape index (κ1) is 7.72. The molecule has 0 bridgehead atoms. The molecule has 2 heterocycles. The van der Waals surface area contributed by atoms with Crippen LogP contribution in [0.15, 0.2) is 12.3 Å². The second-order valence-electron chi connectivity index (χ2n) is 2.72. The van der Waals surface area contributed by atoms with Crippen LogP contribution in [-0.4, -0.2) is 26.1 Å². The van der Waals surface area contributed by atoms with Crippen molar-refractivity contribution in [3.8, 4) is 5.88 Å². The molecule has 0 aliphatic rings.